The van der Waals surface area contributed by atoms with Gasteiger partial charge in [0.2, 0.25) is 0 Å². The number of imide groups is 1. The molecule has 168 valence electrons. The number of nitriles is 1. The number of carbonyl (C=O) groups excluding carboxylic acids is 4. The van der Waals surface area contributed by atoms with E-state index in [4.69, 9.17) is 5.26 Å². The molecular formula is C24H21N4O5-. The lowest BCUT2D eigenvalue weighted by molar-refractivity contribution is -0.305. The Labute approximate surface area is 190 Å². The number of hydrogen-bond acceptors (Lipinski definition) is 6. The van der Waals surface area contributed by atoms with Gasteiger partial charge in [-0.3, -0.25) is 14.5 Å². The van der Waals surface area contributed by atoms with Gasteiger partial charge in [-0.2, -0.15) is 5.26 Å². The van der Waals surface area contributed by atoms with Crippen molar-refractivity contribution in [1.82, 2.24) is 14.7 Å². The third kappa shape index (κ3) is 4.03. The molecule has 0 N–H and O–H groups in total. The van der Waals surface area contributed by atoms with Crippen LogP contribution < -0.4 is 5.11 Å². The van der Waals surface area contributed by atoms with Gasteiger partial charge < -0.3 is 19.7 Å². The first-order valence-corrected chi connectivity index (χ1v) is 10.5. The van der Waals surface area contributed by atoms with Crippen molar-refractivity contribution in [2.75, 3.05) is 19.6 Å². The molecule has 4 rings (SSSR count). The van der Waals surface area contributed by atoms with E-state index < -0.39 is 30.0 Å². The smallest absolute Gasteiger partial charge is 0.328 e. The van der Waals surface area contributed by atoms with Crippen LogP contribution in [-0.2, 0) is 16.1 Å². The number of benzene rings is 2. The number of piperidine rings is 1. The Balaban J connectivity index is 1.57. The largest absolute Gasteiger partial charge is 0.548 e. The number of carboxylic acid groups (broad SMARTS) is 1. The van der Waals surface area contributed by atoms with Gasteiger partial charge in [-0.05, 0) is 42.7 Å². The van der Waals surface area contributed by atoms with Crippen LogP contribution in [0, 0.1) is 11.3 Å². The van der Waals surface area contributed by atoms with Gasteiger partial charge in [-0.1, -0.05) is 30.3 Å². The zero-order chi connectivity index (χ0) is 23.6. The number of carbonyl (C=O) groups is 4. The summed E-state index contributed by atoms with van der Waals surface area (Å²) in [4.78, 5) is 54.2. The van der Waals surface area contributed by atoms with E-state index in [0.29, 0.717) is 11.1 Å². The van der Waals surface area contributed by atoms with Gasteiger partial charge in [0.1, 0.15) is 5.54 Å². The van der Waals surface area contributed by atoms with Gasteiger partial charge in [0.15, 0.2) is 0 Å². The molecular weight excluding hydrogens is 424 g/mol. The molecule has 0 radical (unpaired) electrons. The van der Waals surface area contributed by atoms with Gasteiger partial charge in [0.05, 0.1) is 24.1 Å². The highest BCUT2D eigenvalue weighted by Gasteiger charge is 2.58. The van der Waals surface area contributed by atoms with Gasteiger partial charge in [0.25, 0.3) is 11.8 Å². The molecule has 2 aromatic carbocycles. The first-order valence-electron chi connectivity index (χ1n) is 10.5. The normalized spacial score (nSPS) is 17.4. The Morgan fingerprint density at radius 2 is 1.64 bits per heavy atom. The fourth-order valence-electron chi connectivity index (χ4n) is 4.47. The second kappa shape index (κ2) is 8.74. The molecule has 0 aromatic heterocycles. The number of carboxylic acids is 1. The van der Waals surface area contributed by atoms with E-state index in [2.05, 4.69) is 0 Å². The first-order chi connectivity index (χ1) is 15.9. The molecule has 2 aliphatic rings. The maximum Gasteiger partial charge on any atom is 0.328 e. The number of urea groups is 1. The summed E-state index contributed by atoms with van der Waals surface area (Å²) in [5, 5.41) is 20.1. The SMILES string of the molecule is N#Cc1ccc(C(=O)N2CCC3(CC2)C(=O)N(CC(=O)[O-])C(=O)N3Cc2ccccc2)cc1. The maximum absolute atomic E-state index is 13.3. The Hall–Kier alpha value is -4.19. The van der Waals surface area contributed by atoms with Gasteiger partial charge in [-0.25, -0.2) is 4.79 Å². The lowest BCUT2D eigenvalue weighted by atomic mass is 9.85. The van der Waals surface area contributed by atoms with Gasteiger partial charge in [0, 0.05) is 25.2 Å². The number of nitrogens with zero attached hydrogens (tertiary/aromatic N) is 4. The quantitative estimate of drug-likeness (QED) is 0.626. The number of rotatable bonds is 5. The second-order valence-electron chi connectivity index (χ2n) is 8.13. The summed E-state index contributed by atoms with van der Waals surface area (Å²) < 4.78 is 0. The van der Waals surface area contributed by atoms with Crippen LogP contribution in [0.3, 0.4) is 0 Å². The highest BCUT2D eigenvalue weighted by Crippen LogP contribution is 2.38. The molecule has 0 unspecified atom stereocenters. The van der Waals surface area contributed by atoms with Crippen molar-refractivity contribution in [3.05, 3.63) is 71.3 Å². The van der Waals surface area contributed by atoms with Gasteiger partial charge in [-0.15, -0.1) is 0 Å². The molecule has 0 aliphatic carbocycles. The van der Waals surface area contributed by atoms with E-state index in [1.54, 1.807) is 29.2 Å². The Bertz CT molecular complexity index is 1130. The van der Waals surface area contributed by atoms with Crippen molar-refractivity contribution < 1.29 is 24.3 Å². The van der Waals surface area contributed by atoms with Crippen LogP contribution in [0.5, 0.6) is 0 Å². The summed E-state index contributed by atoms with van der Waals surface area (Å²) in [6.45, 7) is -0.207. The molecule has 4 amide bonds. The van der Waals surface area contributed by atoms with Crippen LogP contribution in [0.4, 0.5) is 4.79 Å². The molecule has 2 heterocycles. The third-order valence-corrected chi connectivity index (χ3v) is 6.23. The summed E-state index contributed by atoms with van der Waals surface area (Å²) >= 11 is 0. The van der Waals surface area contributed by atoms with Crippen molar-refractivity contribution in [1.29, 1.82) is 5.26 Å². The molecule has 0 saturated carbocycles. The maximum atomic E-state index is 13.3. The number of aliphatic carboxylic acids is 1. The van der Waals surface area contributed by atoms with Crippen molar-refractivity contribution in [3.8, 4) is 6.07 Å². The van der Waals surface area contributed by atoms with Crippen LogP contribution in [0.25, 0.3) is 0 Å². The van der Waals surface area contributed by atoms with Crippen molar-refractivity contribution in [2.24, 2.45) is 0 Å². The number of hydrogen-bond donors (Lipinski definition) is 0. The molecule has 0 atom stereocenters. The zero-order valence-electron chi connectivity index (χ0n) is 17.8. The van der Waals surface area contributed by atoms with Gasteiger partial charge >= 0.3 is 6.03 Å². The summed E-state index contributed by atoms with van der Waals surface area (Å²) in [7, 11) is 0. The molecule has 2 aromatic rings. The minimum Gasteiger partial charge on any atom is -0.548 e. The summed E-state index contributed by atoms with van der Waals surface area (Å²) in [6, 6.07) is 16.8. The van der Waals surface area contributed by atoms with E-state index in [1.807, 2.05) is 36.4 Å². The fourth-order valence-corrected chi connectivity index (χ4v) is 4.47. The Morgan fingerprint density at radius 1 is 1.00 bits per heavy atom. The number of amides is 4. The summed E-state index contributed by atoms with van der Waals surface area (Å²) in [6.07, 6.45) is 0.381. The zero-order valence-corrected chi connectivity index (χ0v) is 17.8. The van der Waals surface area contributed by atoms with E-state index >= 15 is 0 Å². The summed E-state index contributed by atoms with van der Waals surface area (Å²) in [5.41, 5.74) is 0.468. The molecule has 2 saturated heterocycles. The first kappa shape index (κ1) is 22.0. The predicted molar refractivity (Wildman–Crippen MR) is 113 cm³/mol. The number of likely N-dealkylation sites (tertiary alicyclic amines) is 1. The van der Waals surface area contributed by atoms with E-state index in [1.165, 1.54) is 4.90 Å². The van der Waals surface area contributed by atoms with Crippen molar-refractivity contribution >= 4 is 23.8 Å². The average Bonchev–Trinajstić information content (AvgIpc) is 3.01. The van der Waals surface area contributed by atoms with Crippen molar-refractivity contribution in [2.45, 2.75) is 24.9 Å². The van der Waals surface area contributed by atoms with Crippen LogP contribution in [0.2, 0.25) is 0 Å². The molecule has 33 heavy (non-hydrogen) atoms. The molecule has 0 bridgehead atoms. The minimum atomic E-state index is -1.51. The van der Waals surface area contributed by atoms with Crippen LogP contribution in [0.15, 0.2) is 54.6 Å². The van der Waals surface area contributed by atoms with E-state index in [-0.39, 0.29) is 38.4 Å². The van der Waals surface area contributed by atoms with E-state index in [0.717, 1.165) is 10.5 Å². The predicted octanol–water partition coefficient (Wildman–Crippen LogP) is 0.747. The average molecular weight is 445 g/mol. The molecule has 9 nitrogen and oxygen atoms in total. The third-order valence-electron chi connectivity index (χ3n) is 6.23. The van der Waals surface area contributed by atoms with Crippen LogP contribution in [0.1, 0.15) is 34.3 Å². The Morgan fingerprint density at radius 3 is 2.21 bits per heavy atom. The van der Waals surface area contributed by atoms with Crippen LogP contribution in [-0.4, -0.2) is 63.7 Å². The lowest BCUT2D eigenvalue weighted by Crippen LogP contribution is -2.57. The molecule has 1 spiro atoms. The topological polar surface area (TPSA) is 125 Å². The Kier molecular flexibility index (Phi) is 5.84. The fraction of sp³-hybridized carbons (Fsp3) is 0.292. The molecule has 2 fully saturated rings. The second-order valence-corrected chi connectivity index (χ2v) is 8.13. The monoisotopic (exact) mass is 445 g/mol. The lowest BCUT2D eigenvalue weighted by Gasteiger charge is -2.42. The summed E-state index contributed by atoms with van der Waals surface area (Å²) in [5.74, 6) is -2.31. The minimum absolute atomic E-state index is 0.151. The standard InChI is InChI=1S/C24H22N4O5/c25-14-17-6-8-19(9-7-17)21(31)26-12-10-24(11-13-26)22(32)27(16-20(29)30)23(33)28(24)15-18-4-2-1-3-5-18/h1-9H,10-13,15-16H2,(H,29,30)/p-1. The van der Waals surface area contributed by atoms with E-state index in [9.17, 15) is 24.3 Å². The van der Waals surface area contributed by atoms with Crippen LogP contribution >= 0.6 is 0 Å². The molecule has 9 heteroatoms. The molecule has 2 aliphatic heterocycles. The highest BCUT2D eigenvalue weighted by atomic mass is 16.4. The highest BCUT2D eigenvalue weighted by molar-refractivity contribution is 6.08. The van der Waals surface area contributed by atoms with Crippen molar-refractivity contribution in [3.63, 3.8) is 0 Å².